The Morgan fingerprint density at radius 1 is 1.27 bits per heavy atom. The molecular formula is C17H19ClN2O2. The third kappa shape index (κ3) is 4.46. The molecule has 116 valence electrons. The van der Waals surface area contributed by atoms with Crippen molar-refractivity contribution in [3.8, 4) is 5.75 Å². The third-order valence-corrected chi connectivity index (χ3v) is 3.62. The number of aromatic hydroxyl groups is 1. The standard InChI is InChI=1S/C17H19ClN2O2/c1-2-3-4-5-13-10-12(8-9-19-13)17(22)20-14-6-7-16(21)15(18)11-14/h6-11,21H,2-5H2,1H3,(H,20,22). The lowest BCUT2D eigenvalue weighted by atomic mass is 10.1. The smallest absolute Gasteiger partial charge is 0.255 e. The molecule has 0 aliphatic heterocycles. The Balaban J connectivity index is 2.05. The van der Waals surface area contributed by atoms with Crippen LogP contribution in [0.5, 0.6) is 5.75 Å². The fourth-order valence-corrected chi connectivity index (χ4v) is 2.28. The van der Waals surface area contributed by atoms with E-state index in [2.05, 4.69) is 17.2 Å². The molecule has 0 fully saturated rings. The maximum atomic E-state index is 12.2. The summed E-state index contributed by atoms with van der Waals surface area (Å²) in [5, 5.41) is 12.3. The van der Waals surface area contributed by atoms with Crippen LogP contribution in [0, 0.1) is 0 Å². The van der Waals surface area contributed by atoms with Crippen LogP contribution < -0.4 is 5.32 Å². The molecular weight excluding hydrogens is 300 g/mol. The zero-order chi connectivity index (χ0) is 15.9. The van der Waals surface area contributed by atoms with Gasteiger partial charge in [0.05, 0.1) is 5.02 Å². The molecule has 1 aromatic heterocycles. The van der Waals surface area contributed by atoms with E-state index in [1.165, 1.54) is 12.1 Å². The number of aromatic nitrogens is 1. The van der Waals surface area contributed by atoms with Crippen LogP contribution in [-0.4, -0.2) is 16.0 Å². The van der Waals surface area contributed by atoms with Gasteiger partial charge in [-0.25, -0.2) is 0 Å². The van der Waals surface area contributed by atoms with E-state index in [-0.39, 0.29) is 16.7 Å². The van der Waals surface area contributed by atoms with E-state index in [4.69, 9.17) is 11.6 Å². The molecule has 1 heterocycles. The van der Waals surface area contributed by atoms with E-state index in [0.29, 0.717) is 11.3 Å². The van der Waals surface area contributed by atoms with Crippen molar-refractivity contribution in [2.75, 3.05) is 5.32 Å². The van der Waals surface area contributed by atoms with Gasteiger partial charge in [0.25, 0.3) is 5.91 Å². The lowest BCUT2D eigenvalue weighted by Gasteiger charge is -2.07. The van der Waals surface area contributed by atoms with Crippen LogP contribution in [0.4, 0.5) is 5.69 Å². The molecule has 0 unspecified atom stereocenters. The van der Waals surface area contributed by atoms with E-state index < -0.39 is 0 Å². The number of pyridine rings is 1. The molecule has 1 amide bonds. The van der Waals surface area contributed by atoms with Gasteiger partial charge < -0.3 is 10.4 Å². The Labute approximate surface area is 135 Å². The van der Waals surface area contributed by atoms with Gasteiger partial charge in [-0.05, 0) is 43.2 Å². The van der Waals surface area contributed by atoms with Gasteiger partial charge in [0, 0.05) is 23.1 Å². The number of benzene rings is 1. The maximum Gasteiger partial charge on any atom is 0.255 e. The normalized spacial score (nSPS) is 10.5. The molecule has 0 saturated carbocycles. The number of carbonyl (C=O) groups is 1. The highest BCUT2D eigenvalue weighted by Gasteiger charge is 2.09. The Morgan fingerprint density at radius 2 is 2.09 bits per heavy atom. The summed E-state index contributed by atoms with van der Waals surface area (Å²) in [6.45, 7) is 2.15. The molecule has 22 heavy (non-hydrogen) atoms. The average molecular weight is 319 g/mol. The molecule has 0 aliphatic carbocycles. The van der Waals surface area contributed by atoms with E-state index in [9.17, 15) is 9.90 Å². The number of nitrogens with zero attached hydrogens (tertiary/aromatic N) is 1. The summed E-state index contributed by atoms with van der Waals surface area (Å²) in [6.07, 6.45) is 5.91. The first-order valence-corrected chi connectivity index (χ1v) is 7.72. The monoisotopic (exact) mass is 318 g/mol. The minimum Gasteiger partial charge on any atom is -0.506 e. The number of carbonyl (C=O) groups excluding carboxylic acids is 1. The molecule has 5 heteroatoms. The fourth-order valence-electron chi connectivity index (χ4n) is 2.10. The molecule has 0 radical (unpaired) electrons. The molecule has 1 aromatic carbocycles. The Hall–Kier alpha value is -2.07. The first kappa shape index (κ1) is 16.3. The molecule has 0 bridgehead atoms. The van der Waals surface area contributed by atoms with Crippen molar-refractivity contribution in [2.45, 2.75) is 32.6 Å². The lowest BCUT2D eigenvalue weighted by molar-refractivity contribution is 0.102. The first-order valence-electron chi connectivity index (χ1n) is 7.35. The number of rotatable bonds is 6. The zero-order valence-electron chi connectivity index (χ0n) is 12.5. The predicted octanol–water partition coefficient (Wildman–Crippen LogP) is 4.43. The third-order valence-electron chi connectivity index (χ3n) is 3.32. The number of hydrogen-bond donors (Lipinski definition) is 2. The molecule has 4 nitrogen and oxygen atoms in total. The second-order valence-electron chi connectivity index (χ2n) is 5.11. The predicted molar refractivity (Wildman–Crippen MR) is 88.5 cm³/mol. The number of unbranched alkanes of at least 4 members (excludes halogenated alkanes) is 2. The van der Waals surface area contributed by atoms with Crippen molar-refractivity contribution in [3.63, 3.8) is 0 Å². The molecule has 0 spiro atoms. The van der Waals surface area contributed by atoms with Gasteiger partial charge in [-0.1, -0.05) is 31.4 Å². The molecule has 2 aromatic rings. The van der Waals surface area contributed by atoms with Gasteiger partial charge in [-0.3, -0.25) is 9.78 Å². The summed E-state index contributed by atoms with van der Waals surface area (Å²) in [7, 11) is 0. The second-order valence-corrected chi connectivity index (χ2v) is 5.52. The topological polar surface area (TPSA) is 62.2 Å². The molecule has 2 N–H and O–H groups in total. The van der Waals surface area contributed by atoms with Crippen molar-refractivity contribution in [2.24, 2.45) is 0 Å². The highest BCUT2D eigenvalue weighted by molar-refractivity contribution is 6.32. The number of amides is 1. The Kier molecular flexibility index (Phi) is 5.78. The van der Waals surface area contributed by atoms with Gasteiger partial charge in [0.2, 0.25) is 0 Å². The number of halogens is 1. The van der Waals surface area contributed by atoms with Gasteiger partial charge in [-0.2, -0.15) is 0 Å². The number of phenols is 1. The lowest BCUT2D eigenvalue weighted by Crippen LogP contribution is -2.12. The first-order chi connectivity index (χ1) is 10.6. The zero-order valence-corrected chi connectivity index (χ0v) is 13.2. The summed E-state index contributed by atoms with van der Waals surface area (Å²) in [5.74, 6) is -0.234. The largest absolute Gasteiger partial charge is 0.506 e. The van der Waals surface area contributed by atoms with Gasteiger partial charge in [0.15, 0.2) is 0 Å². The number of anilines is 1. The van der Waals surface area contributed by atoms with Crippen LogP contribution in [-0.2, 0) is 6.42 Å². The molecule has 0 atom stereocenters. The highest BCUT2D eigenvalue weighted by Crippen LogP contribution is 2.26. The summed E-state index contributed by atoms with van der Waals surface area (Å²) in [4.78, 5) is 16.5. The van der Waals surface area contributed by atoms with Crippen molar-refractivity contribution >= 4 is 23.2 Å². The fraction of sp³-hybridized carbons (Fsp3) is 0.294. The second kappa shape index (κ2) is 7.80. The Morgan fingerprint density at radius 3 is 2.82 bits per heavy atom. The van der Waals surface area contributed by atoms with E-state index >= 15 is 0 Å². The van der Waals surface area contributed by atoms with Crippen LogP contribution in [0.2, 0.25) is 5.02 Å². The summed E-state index contributed by atoms with van der Waals surface area (Å²) in [6, 6.07) is 8.05. The van der Waals surface area contributed by atoms with Crippen molar-refractivity contribution in [3.05, 3.63) is 52.8 Å². The van der Waals surface area contributed by atoms with Gasteiger partial charge >= 0.3 is 0 Å². The number of hydrogen-bond acceptors (Lipinski definition) is 3. The van der Waals surface area contributed by atoms with Gasteiger partial charge in [-0.15, -0.1) is 0 Å². The van der Waals surface area contributed by atoms with Crippen molar-refractivity contribution < 1.29 is 9.90 Å². The maximum absolute atomic E-state index is 12.2. The molecule has 2 rings (SSSR count). The van der Waals surface area contributed by atoms with E-state index in [1.54, 1.807) is 18.3 Å². The minimum absolute atomic E-state index is 0.0122. The quantitative estimate of drug-likeness (QED) is 0.612. The molecule has 0 saturated heterocycles. The number of aryl methyl sites for hydroxylation is 1. The summed E-state index contributed by atoms with van der Waals surface area (Å²) >= 11 is 5.83. The number of nitrogens with one attached hydrogen (secondary N) is 1. The van der Waals surface area contributed by atoms with Gasteiger partial charge in [0.1, 0.15) is 5.75 Å². The van der Waals surface area contributed by atoms with E-state index in [1.807, 2.05) is 6.07 Å². The minimum atomic E-state index is -0.221. The summed E-state index contributed by atoms with van der Waals surface area (Å²) < 4.78 is 0. The van der Waals surface area contributed by atoms with Crippen LogP contribution >= 0.6 is 11.6 Å². The SMILES string of the molecule is CCCCCc1cc(C(=O)Nc2ccc(O)c(Cl)c2)ccn1. The molecule has 0 aliphatic rings. The van der Waals surface area contributed by atoms with Crippen molar-refractivity contribution in [1.82, 2.24) is 4.98 Å². The summed E-state index contributed by atoms with van der Waals surface area (Å²) in [5.41, 5.74) is 2.02. The van der Waals surface area contributed by atoms with Crippen LogP contribution in [0.3, 0.4) is 0 Å². The Bertz CT molecular complexity index is 659. The van der Waals surface area contributed by atoms with Crippen LogP contribution in [0.15, 0.2) is 36.5 Å². The van der Waals surface area contributed by atoms with E-state index in [0.717, 1.165) is 31.4 Å². The number of phenolic OH excluding ortho intramolecular Hbond substituents is 1. The highest BCUT2D eigenvalue weighted by atomic mass is 35.5. The van der Waals surface area contributed by atoms with Crippen LogP contribution in [0.1, 0.15) is 42.2 Å². The average Bonchev–Trinajstić information content (AvgIpc) is 2.51. The van der Waals surface area contributed by atoms with Crippen molar-refractivity contribution in [1.29, 1.82) is 0 Å². The van der Waals surface area contributed by atoms with Crippen LogP contribution in [0.25, 0.3) is 0 Å².